The lowest BCUT2D eigenvalue weighted by atomic mass is 10.0. The van der Waals surface area contributed by atoms with Gasteiger partial charge in [-0.15, -0.1) is 0 Å². The zero-order valence-corrected chi connectivity index (χ0v) is 15.2. The molecule has 0 aliphatic carbocycles. The van der Waals surface area contributed by atoms with Crippen molar-refractivity contribution in [1.82, 2.24) is 25.0 Å². The van der Waals surface area contributed by atoms with E-state index in [2.05, 4.69) is 15.4 Å². The van der Waals surface area contributed by atoms with Gasteiger partial charge in [0.1, 0.15) is 12.7 Å². The number of rotatable bonds is 7. The first kappa shape index (κ1) is 18.9. The average molecular weight is 371 g/mol. The van der Waals surface area contributed by atoms with Crippen LogP contribution in [0.15, 0.2) is 43.0 Å². The van der Waals surface area contributed by atoms with Gasteiger partial charge in [0.2, 0.25) is 0 Å². The van der Waals surface area contributed by atoms with Gasteiger partial charge >= 0.3 is 12.0 Å². The summed E-state index contributed by atoms with van der Waals surface area (Å²) < 4.78 is 1.80. The lowest BCUT2D eigenvalue weighted by Gasteiger charge is -2.33. The van der Waals surface area contributed by atoms with Gasteiger partial charge in [-0.1, -0.05) is 30.3 Å². The Hall–Kier alpha value is -2.90. The molecule has 1 aliphatic rings. The number of carbonyl (C=O) groups is 2. The standard InChI is InChI=1S/C19H25N5O3/c25-18(26)9-8-16(11-15-5-2-1-3-6-15)22-19(27)23-10-4-7-17(12-23)24-14-20-13-21-24/h1-3,5-6,13-14,16-17H,4,7-12H2,(H,22,27)(H,25,26). The fourth-order valence-electron chi connectivity index (χ4n) is 3.45. The number of piperidine rings is 1. The van der Waals surface area contributed by atoms with E-state index in [0.717, 1.165) is 18.4 Å². The monoisotopic (exact) mass is 371 g/mol. The Bertz CT molecular complexity index is 735. The number of carboxylic acid groups (broad SMARTS) is 1. The van der Waals surface area contributed by atoms with Crippen molar-refractivity contribution in [3.63, 3.8) is 0 Å². The van der Waals surface area contributed by atoms with Crippen LogP contribution in [0.3, 0.4) is 0 Å². The van der Waals surface area contributed by atoms with E-state index in [1.54, 1.807) is 15.9 Å². The zero-order valence-electron chi connectivity index (χ0n) is 15.2. The van der Waals surface area contributed by atoms with E-state index in [1.165, 1.54) is 6.33 Å². The smallest absolute Gasteiger partial charge is 0.317 e. The summed E-state index contributed by atoms with van der Waals surface area (Å²) >= 11 is 0. The van der Waals surface area contributed by atoms with Gasteiger partial charge in [0.05, 0.1) is 6.04 Å². The number of nitrogens with one attached hydrogen (secondary N) is 1. The molecule has 2 aromatic rings. The first-order valence-electron chi connectivity index (χ1n) is 9.27. The van der Waals surface area contributed by atoms with E-state index < -0.39 is 5.97 Å². The van der Waals surface area contributed by atoms with Crippen molar-refractivity contribution in [3.05, 3.63) is 48.5 Å². The lowest BCUT2D eigenvalue weighted by Crippen LogP contribution is -2.49. The maximum atomic E-state index is 12.8. The second-order valence-corrected chi connectivity index (χ2v) is 6.89. The van der Waals surface area contributed by atoms with Crippen molar-refractivity contribution < 1.29 is 14.7 Å². The maximum absolute atomic E-state index is 12.8. The minimum Gasteiger partial charge on any atom is -0.481 e. The highest BCUT2D eigenvalue weighted by atomic mass is 16.4. The van der Waals surface area contributed by atoms with Gasteiger partial charge in [0.25, 0.3) is 0 Å². The van der Waals surface area contributed by atoms with E-state index in [4.69, 9.17) is 5.11 Å². The van der Waals surface area contributed by atoms with Gasteiger partial charge in [0.15, 0.2) is 0 Å². The molecule has 8 heteroatoms. The van der Waals surface area contributed by atoms with Gasteiger partial charge in [0, 0.05) is 25.6 Å². The Morgan fingerprint density at radius 1 is 1.30 bits per heavy atom. The molecule has 1 saturated heterocycles. The number of carboxylic acids is 1. The van der Waals surface area contributed by atoms with Crippen molar-refractivity contribution in [1.29, 1.82) is 0 Å². The molecule has 144 valence electrons. The molecule has 2 N–H and O–H groups in total. The van der Waals surface area contributed by atoms with Crippen molar-refractivity contribution in [3.8, 4) is 0 Å². The summed E-state index contributed by atoms with van der Waals surface area (Å²) in [6, 6.07) is 9.56. The van der Waals surface area contributed by atoms with Crippen molar-refractivity contribution in [2.24, 2.45) is 0 Å². The number of carbonyl (C=O) groups excluding carboxylic acids is 1. The van der Waals surface area contributed by atoms with Crippen molar-refractivity contribution in [2.45, 2.75) is 44.2 Å². The van der Waals surface area contributed by atoms with E-state index >= 15 is 0 Å². The number of hydrogen-bond acceptors (Lipinski definition) is 4. The van der Waals surface area contributed by atoms with Crippen LogP contribution in [0, 0.1) is 0 Å². The molecular weight excluding hydrogens is 346 g/mol. The fraction of sp³-hybridized carbons (Fsp3) is 0.474. The molecule has 0 saturated carbocycles. The van der Waals surface area contributed by atoms with E-state index in [0.29, 0.717) is 25.9 Å². The average Bonchev–Trinajstić information content (AvgIpc) is 3.22. The minimum absolute atomic E-state index is 0.0271. The zero-order chi connectivity index (χ0) is 19.1. The molecular formula is C19H25N5O3. The molecule has 1 aromatic carbocycles. The summed E-state index contributed by atoms with van der Waals surface area (Å²) in [7, 11) is 0. The van der Waals surface area contributed by atoms with Gasteiger partial charge in [-0.2, -0.15) is 5.10 Å². The molecule has 0 spiro atoms. The molecule has 1 fully saturated rings. The third kappa shape index (κ3) is 5.54. The summed E-state index contributed by atoms with van der Waals surface area (Å²) in [5, 5.41) is 16.2. The molecule has 27 heavy (non-hydrogen) atoms. The number of benzene rings is 1. The molecule has 1 aromatic heterocycles. The van der Waals surface area contributed by atoms with E-state index in [1.807, 2.05) is 30.3 Å². The summed E-state index contributed by atoms with van der Waals surface area (Å²) in [5.74, 6) is -0.855. The Morgan fingerprint density at radius 2 is 2.11 bits per heavy atom. The number of hydrogen-bond donors (Lipinski definition) is 2. The maximum Gasteiger partial charge on any atom is 0.317 e. The Morgan fingerprint density at radius 3 is 2.81 bits per heavy atom. The van der Waals surface area contributed by atoms with Gasteiger partial charge in [-0.3, -0.25) is 4.79 Å². The SMILES string of the molecule is O=C(O)CCC(Cc1ccccc1)NC(=O)N1CCCC(n2cncn2)C1. The summed E-state index contributed by atoms with van der Waals surface area (Å²) in [5.41, 5.74) is 1.08. The summed E-state index contributed by atoms with van der Waals surface area (Å²) in [6.45, 7) is 1.26. The Balaban J connectivity index is 1.61. The van der Waals surface area contributed by atoms with Gasteiger partial charge < -0.3 is 15.3 Å². The molecule has 0 radical (unpaired) electrons. The van der Waals surface area contributed by atoms with Crippen LogP contribution in [-0.4, -0.2) is 55.9 Å². The third-order valence-corrected chi connectivity index (χ3v) is 4.85. The summed E-state index contributed by atoms with van der Waals surface area (Å²) in [6.07, 6.45) is 6.07. The molecule has 3 rings (SSSR count). The van der Waals surface area contributed by atoms with Crippen LogP contribution in [0.5, 0.6) is 0 Å². The largest absolute Gasteiger partial charge is 0.481 e. The highest BCUT2D eigenvalue weighted by molar-refractivity contribution is 5.75. The Kier molecular flexibility index (Phi) is 6.40. The van der Waals surface area contributed by atoms with Crippen LogP contribution < -0.4 is 5.32 Å². The quantitative estimate of drug-likeness (QED) is 0.776. The number of likely N-dealkylation sites (tertiary alicyclic amines) is 1. The van der Waals surface area contributed by atoms with Crippen LogP contribution in [0.25, 0.3) is 0 Å². The lowest BCUT2D eigenvalue weighted by molar-refractivity contribution is -0.137. The molecule has 2 heterocycles. The number of nitrogens with zero attached hydrogens (tertiary/aromatic N) is 4. The number of amides is 2. The molecule has 8 nitrogen and oxygen atoms in total. The van der Waals surface area contributed by atoms with E-state index in [9.17, 15) is 9.59 Å². The van der Waals surface area contributed by atoms with Crippen LogP contribution in [0.4, 0.5) is 4.79 Å². The molecule has 1 aliphatic heterocycles. The minimum atomic E-state index is -0.855. The highest BCUT2D eigenvalue weighted by Gasteiger charge is 2.26. The fourth-order valence-corrected chi connectivity index (χ4v) is 3.45. The summed E-state index contributed by atoms with van der Waals surface area (Å²) in [4.78, 5) is 29.5. The van der Waals surface area contributed by atoms with Crippen LogP contribution in [-0.2, 0) is 11.2 Å². The molecule has 0 bridgehead atoms. The predicted molar refractivity (Wildman–Crippen MR) is 99.2 cm³/mol. The van der Waals surface area contributed by atoms with Crippen LogP contribution >= 0.6 is 0 Å². The molecule has 2 atom stereocenters. The number of urea groups is 1. The highest BCUT2D eigenvalue weighted by Crippen LogP contribution is 2.20. The first-order valence-corrected chi connectivity index (χ1v) is 9.27. The van der Waals surface area contributed by atoms with Crippen molar-refractivity contribution >= 4 is 12.0 Å². The van der Waals surface area contributed by atoms with Gasteiger partial charge in [-0.05, 0) is 31.2 Å². The predicted octanol–water partition coefficient (Wildman–Crippen LogP) is 2.10. The second kappa shape index (κ2) is 9.16. The van der Waals surface area contributed by atoms with Crippen molar-refractivity contribution in [2.75, 3.05) is 13.1 Å². The topological polar surface area (TPSA) is 100 Å². The molecule has 2 unspecified atom stereocenters. The Labute approximate surface area is 158 Å². The number of aromatic nitrogens is 3. The normalized spacial score (nSPS) is 18.1. The molecule has 2 amide bonds. The van der Waals surface area contributed by atoms with E-state index in [-0.39, 0.29) is 24.5 Å². The van der Waals surface area contributed by atoms with Crippen LogP contribution in [0.1, 0.15) is 37.3 Å². The third-order valence-electron chi connectivity index (χ3n) is 4.85. The number of aliphatic carboxylic acids is 1. The van der Waals surface area contributed by atoms with Gasteiger partial charge in [-0.25, -0.2) is 14.5 Å². The second-order valence-electron chi connectivity index (χ2n) is 6.89. The van der Waals surface area contributed by atoms with Crippen LogP contribution in [0.2, 0.25) is 0 Å². The first-order chi connectivity index (χ1) is 13.1.